The second-order valence-electron chi connectivity index (χ2n) is 6.10. The molecule has 0 amide bonds. The summed E-state index contributed by atoms with van der Waals surface area (Å²) < 4.78 is 0. The number of para-hydroxylation sites is 1. The van der Waals surface area contributed by atoms with Gasteiger partial charge in [0.25, 0.3) is 0 Å². The summed E-state index contributed by atoms with van der Waals surface area (Å²) in [6, 6.07) is 19.3. The Morgan fingerprint density at radius 2 is 1.67 bits per heavy atom. The zero-order valence-electron chi connectivity index (χ0n) is 12.0. The van der Waals surface area contributed by atoms with E-state index < -0.39 is 0 Å². The van der Waals surface area contributed by atoms with Gasteiger partial charge in [-0.2, -0.15) is 0 Å². The van der Waals surface area contributed by atoms with Crippen molar-refractivity contribution in [1.29, 1.82) is 0 Å². The first-order valence-corrected chi connectivity index (χ1v) is 7.73. The fourth-order valence-electron chi connectivity index (χ4n) is 3.58. The highest BCUT2D eigenvalue weighted by Crippen LogP contribution is 2.47. The number of benzene rings is 2. The van der Waals surface area contributed by atoms with Gasteiger partial charge in [-0.05, 0) is 48.4 Å². The predicted octanol–water partition coefficient (Wildman–Crippen LogP) is 4.29. The zero-order chi connectivity index (χ0) is 14.2. The van der Waals surface area contributed by atoms with Crippen LogP contribution in [0.4, 0.5) is 0 Å². The van der Waals surface area contributed by atoms with Crippen molar-refractivity contribution in [2.24, 2.45) is 11.7 Å². The van der Waals surface area contributed by atoms with Gasteiger partial charge in [-0.15, -0.1) is 0 Å². The largest absolute Gasteiger partial charge is 0.354 e. The van der Waals surface area contributed by atoms with Crippen LogP contribution in [0.3, 0.4) is 0 Å². The van der Waals surface area contributed by atoms with Crippen LogP contribution in [-0.4, -0.2) is 11.5 Å². The lowest BCUT2D eigenvalue weighted by molar-refractivity contribution is 0.274. The van der Waals surface area contributed by atoms with Gasteiger partial charge in [0.15, 0.2) is 0 Å². The van der Waals surface area contributed by atoms with E-state index in [4.69, 9.17) is 5.73 Å². The molecule has 1 aromatic heterocycles. The van der Waals surface area contributed by atoms with Gasteiger partial charge in [0.05, 0.1) is 0 Å². The minimum Gasteiger partial charge on any atom is -0.354 e. The van der Waals surface area contributed by atoms with E-state index in [-0.39, 0.29) is 0 Å². The van der Waals surface area contributed by atoms with Gasteiger partial charge in [0.1, 0.15) is 0 Å². The normalized spacial score (nSPS) is 21.4. The summed E-state index contributed by atoms with van der Waals surface area (Å²) in [5.41, 5.74) is 11.1. The lowest BCUT2D eigenvalue weighted by Crippen LogP contribution is -2.28. The van der Waals surface area contributed by atoms with E-state index in [9.17, 15) is 0 Å². The van der Waals surface area contributed by atoms with Crippen LogP contribution >= 0.6 is 0 Å². The predicted molar refractivity (Wildman–Crippen MR) is 88.3 cm³/mol. The van der Waals surface area contributed by atoms with E-state index in [2.05, 4.69) is 59.6 Å². The molecule has 4 rings (SSSR count). The van der Waals surface area contributed by atoms with Crippen molar-refractivity contribution in [1.82, 2.24) is 4.98 Å². The Kier molecular flexibility index (Phi) is 3.04. The van der Waals surface area contributed by atoms with E-state index in [1.807, 2.05) is 0 Å². The summed E-state index contributed by atoms with van der Waals surface area (Å²) >= 11 is 0. The van der Waals surface area contributed by atoms with E-state index >= 15 is 0 Å². The molecule has 1 saturated carbocycles. The molecule has 2 heteroatoms. The number of nitrogens with two attached hydrogens (primary N) is 1. The number of hydrogen-bond donors (Lipinski definition) is 2. The van der Waals surface area contributed by atoms with Crippen LogP contribution in [-0.2, 0) is 0 Å². The van der Waals surface area contributed by atoms with Crippen LogP contribution in [0.2, 0.25) is 0 Å². The maximum absolute atomic E-state index is 5.80. The monoisotopic (exact) mass is 276 g/mol. The summed E-state index contributed by atoms with van der Waals surface area (Å²) in [5, 5.41) is 1.37. The molecule has 0 radical (unpaired) electrons. The van der Waals surface area contributed by atoms with Crippen molar-refractivity contribution in [2.45, 2.75) is 18.8 Å². The van der Waals surface area contributed by atoms with Crippen LogP contribution in [0, 0.1) is 5.92 Å². The molecule has 0 bridgehead atoms. The molecule has 0 atom stereocenters. The van der Waals surface area contributed by atoms with E-state index in [0.29, 0.717) is 11.8 Å². The van der Waals surface area contributed by atoms with Crippen molar-refractivity contribution in [2.75, 3.05) is 6.54 Å². The standard InChI is InChI=1S/C19H20N2/c20-12-13-10-15(11-13)18-16-8-4-5-9-17(16)21-19(18)14-6-2-1-3-7-14/h1-9,13,15,21H,10-12,20H2. The van der Waals surface area contributed by atoms with Crippen molar-refractivity contribution in [3.63, 3.8) is 0 Å². The average molecular weight is 276 g/mol. The summed E-state index contributed by atoms with van der Waals surface area (Å²) in [5.74, 6) is 1.34. The van der Waals surface area contributed by atoms with Gasteiger partial charge < -0.3 is 10.7 Å². The highest BCUT2D eigenvalue weighted by atomic mass is 14.7. The third-order valence-electron chi connectivity index (χ3n) is 4.79. The average Bonchev–Trinajstić information content (AvgIpc) is 2.87. The highest BCUT2D eigenvalue weighted by molar-refractivity contribution is 5.91. The molecule has 0 aliphatic heterocycles. The molecule has 2 aromatic carbocycles. The second kappa shape index (κ2) is 5.05. The van der Waals surface area contributed by atoms with Crippen molar-refractivity contribution >= 4 is 10.9 Å². The topological polar surface area (TPSA) is 41.8 Å². The number of fused-ring (bicyclic) bond motifs is 1. The third-order valence-corrected chi connectivity index (χ3v) is 4.79. The van der Waals surface area contributed by atoms with Crippen molar-refractivity contribution < 1.29 is 0 Å². The SMILES string of the molecule is NCC1CC(c2c(-c3ccccc3)[nH]c3ccccc23)C1. The number of hydrogen-bond acceptors (Lipinski definition) is 1. The molecule has 2 nitrogen and oxygen atoms in total. The van der Waals surface area contributed by atoms with Gasteiger partial charge in [-0.25, -0.2) is 0 Å². The number of aromatic amines is 1. The van der Waals surface area contributed by atoms with Gasteiger partial charge in [0.2, 0.25) is 0 Å². The maximum Gasteiger partial charge on any atom is 0.0500 e. The van der Waals surface area contributed by atoms with Gasteiger partial charge >= 0.3 is 0 Å². The highest BCUT2D eigenvalue weighted by Gasteiger charge is 2.32. The van der Waals surface area contributed by atoms with Gasteiger partial charge in [-0.1, -0.05) is 48.5 Å². The lowest BCUT2D eigenvalue weighted by atomic mass is 9.70. The molecule has 1 heterocycles. The van der Waals surface area contributed by atoms with Crippen LogP contribution in [0.5, 0.6) is 0 Å². The molecule has 1 aliphatic rings. The smallest absolute Gasteiger partial charge is 0.0500 e. The van der Waals surface area contributed by atoms with E-state index in [0.717, 1.165) is 6.54 Å². The minimum absolute atomic E-state index is 0.643. The fourth-order valence-corrected chi connectivity index (χ4v) is 3.58. The summed E-state index contributed by atoms with van der Waals surface area (Å²) in [6.07, 6.45) is 2.44. The quantitative estimate of drug-likeness (QED) is 0.736. The van der Waals surface area contributed by atoms with Gasteiger partial charge in [0, 0.05) is 16.6 Å². The molecule has 1 aliphatic carbocycles. The number of H-pyrrole nitrogens is 1. The first-order chi connectivity index (χ1) is 10.4. The molecule has 0 saturated heterocycles. The molecule has 3 aromatic rings. The molecule has 3 N–H and O–H groups in total. The van der Waals surface area contributed by atoms with Crippen LogP contribution < -0.4 is 5.73 Å². The second-order valence-corrected chi connectivity index (χ2v) is 6.10. The molecule has 106 valence electrons. The molecule has 21 heavy (non-hydrogen) atoms. The zero-order valence-corrected chi connectivity index (χ0v) is 12.0. The van der Waals surface area contributed by atoms with Crippen LogP contribution in [0.1, 0.15) is 24.3 Å². The molecular formula is C19H20N2. The Hall–Kier alpha value is -2.06. The Bertz CT molecular complexity index is 752. The first kappa shape index (κ1) is 12.7. The first-order valence-electron chi connectivity index (χ1n) is 7.73. The minimum atomic E-state index is 0.643. The number of nitrogens with one attached hydrogen (secondary N) is 1. The van der Waals surface area contributed by atoms with Crippen molar-refractivity contribution in [3.05, 3.63) is 60.2 Å². The summed E-state index contributed by atoms with van der Waals surface area (Å²) in [7, 11) is 0. The summed E-state index contributed by atoms with van der Waals surface area (Å²) in [6.45, 7) is 0.819. The Labute approximate surface area is 125 Å². The van der Waals surface area contributed by atoms with E-state index in [1.54, 1.807) is 0 Å². The maximum atomic E-state index is 5.80. The Morgan fingerprint density at radius 3 is 2.43 bits per heavy atom. The molecule has 0 unspecified atom stereocenters. The van der Waals surface area contributed by atoms with E-state index in [1.165, 1.54) is 40.6 Å². The lowest BCUT2D eigenvalue weighted by Gasteiger charge is -2.35. The van der Waals surface area contributed by atoms with Gasteiger partial charge in [-0.3, -0.25) is 0 Å². The van der Waals surface area contributed by atoms with Crippen molar-refractivity contribution in [3.8, 4) is 11.3 Å². The molecular weight excluding hydrogens is 256 g/mol. The molecule has 1 fully saturated rings. The fraction of sp³-hybridized carbons (Fsp3) is 0.263. The third kappa shape index (κ3) is 2.07. The Balaban J connectivity index is 1.86. The number of aromatic nitrogens is 1. The summed E-state index contributed by atoms with van der Waals surface area (Å²) in [4.78, 5) is 3.63. The van der Waals surface area contributed by atoms with Crippen LogP contribution in [0.25, 0.3) is 22.2 Å². The number of rotatable bonds is 3. The Morgan fingerprint density at radius 1 is 0.952 bits per heavy atom. The van der Waals surface area contributed by atoms with Crippen LogP contribution in [0.15, 0.2) is 54.6 Å². The molecule has 0 spiro atoms.